The number of hydrogen-bond acceptors (Lipinski definition) is 4. The average molecular weight is 363 g/mol. The molecule has 0 N–H and O–H groups in total. The summed E-state index contributed by atoms with van der Waals surface area (Å²) in [5, 5.41) is 0. The molecule has 0 aliphatic rings. The Labute approximate surface area is 158 Å². The minimum atomic E-state index is -0.278. The molecule has 4 nitrogen and oxygen atoms in total. The lowest BCUT2D eigenvalue weighted by atomic mass is 9.98. The number of para-hydroxylation sites is 2. The van der Waals surface area contributed by atoms with Crippen LogP contribution >= 0.6 is 0 Å². The van der Waals surface area contributed by atoms with E-state index >= 15 is 0 Å². The van der Waals surface area contributed by atoms with Crippen molar-refractivity contribution in [3.05, 3.63) is 24.3 Å². The van der Waals surface area contributed by atoms with Gasteiger partial charge in [-0.3, -0.25) is 9.59 Å². The van der Waals surface area contributed by atoms with Gasteiger partial charge < -0.3 is 9.47 Å². The number of esters is 2. The summed E-state index contributed by atoms with van der Waals surface area (Å²) >= 11 is 0. The fourth-order valence-corrected chi connectivity index (χ4v) is 2.86. The predicted octanol–water partition coefficient (Wildman–Crippen LogP) is 6.07. The second kappa shape index (κ2) is 13.4. The molecule has 0 aromatic heterocycles. The Hall–Kier alpha value is -1.84. The highest BCUT2D eigenvalue weighted by Crippen LogP contribution is 2.28. The molecule has 0 saturated heterocycles. The van der Waals surface area contributed by atoms with Crippen molar-refractivity contribution in [3.63, 3.8) is 0 Å². The first kappa shape index (κ1) is 22.2. The summed E-state index contributed by atoms with van der Waals surface area (Å²) in [5.41, 5.74) is 0. The molecule has 1 aromatic rings. The molecule has 0 spiro atoms. The summed E-state index contributed by atoms with van der Waals surface area (Å²) in [7, 11) is 0. The highest BCUT2D eigenvalue weighted by atomic mass is 16.6. The Morgan fingerprint density at radius 3 is 1.88 bits per heavy atom. The minimum Gasteiger partial charge on any atom is -0.423 e. The lowest BCUT2D eigenvalue weighted by Crippen LogP contribution is -2.13. The predicted molar refractivity (Wildman–Crippen MR) is 104 cm³/mol. The first-order valence-electron chi connectivity index (χ1n) is 10.1. The first-order chi connectivity index (χ1) is 12.6. The van der Waals surface area contributed by atoms with Gasteiger partial charge in [0.1, 0.15) is 0 Å². The number of ether oxygens (including phenoxy) is 2. The second-order valence-electron chi connectivity index (χ2n) is 6.78. The van der Waals surface area contributed by atoms with E-state index in [2.05, 4.69) is 20.8 Å². The first-order valence-corrected chi connectivity index (χ1v) is 10.1. The monoisotopic (exact) mass is 362 g/mol. The summed E-state index contributed by atoms with van der Waals surface area (Å²) in [5.74, 6) is 0.633. The number of benzene rings is 1. The van der Waals surface area contributed by atoms with Crippen molar-refractivity contribution in [2.75, 3.05) is 0 Å². The summed E-state index contributed by atoms with van der Waals surface area (Å²) in [6, 6.07) is 6.87. The van der Waals surface area contributed by atoms with Crippen LogP contribution in [0.2, 0.25) is 0 Å². The van der Waals surface area contributed by atoms with Gasteiger partial charge in [0.2, 0.25) is 0 Å². The van der Waals surface area contributed by atoms with Crippen LogP contribution < -0.4 is 9.47 Å². The van der Waals surface area contributed by atoms with E-state index in [1.165, 1.54) is 12.8 Å². The summed E-state index contributed by atoms with van der Waals surface area (Å²) in [4.78, 5) is 24.1. The van der Waals surface area contributed by atoms with Crippen molar-refractivity contribution in [3.8, 4) is 11.5 Å². The van der Waals surface area contributed by atoms with E-state index in [-0.39, 0.29) is 11.9 Å². The Kier molecular flexibility index (Phi) is 11.4. The molecule has 146 valence electrons. The molecule has 0 amide bonds. The maximum Gasteiger partial charge on any atom is 0.311 e. The fraction of sp³-hybridized carbons (Fsp3) is 0.636. The largest absolute Gasteiger partial charge is 0.423 e. The van der Waals surface area contributed by atoms with Gasteiger partial charge in [0, 0.05) is 12.8 Å². The molecule has 0 radical (unpaired) electrons. The minimum absolute atomic E-state index is 0.276. The highest BCUT2D eigenvalue weighted by molar-refractivity contribution is 5.76. The van der Waals surface area contributed by atoms with E-state index in [9.17, 15) is 9.59 Å². The average Bonchev–Trinajstić information content (AvgIpc) is 2.64. The Bertz CT molecular complexity index is 535. The normalized spacial score (nSPS) is 10.8. The summed E-state index contributed by atoms with van der Waals surface area (Å²) < 4.78 is 10.8. The lowest BCUT2D eigenvalue weighted by Gasteiger charge is -2.13. The molecular formula is C22H34O4. The van der Waals surface area contributed by atoms with Crippen molar-refractivity contribution < 1.29 is 19.1 Å². The molecule has 0 aliphatic heterocycles. The Balaban J connectivity index is 2.48. The van der Waals surface area contributed by atoms with Crippen LogP contribution in [0.5, 0.6) is 11.5 Å². The maximum atomic E-state index is 12.1. The van der Waals surface area contributed by atoms with Crippen LogP contribution in [-0.4, -0.2) is 11.9 Å². The van der Waals surface area contributed by atoms with Gasteiger partial charge >= 0.3 is 11.9 Å². The van der Waals surface area contributed by atoms with Crippen molar-refractivity contribution in [1.82, 2.24) is 0 Å². The van der Waals surface area contributed by atoms with Gasteiger partial charge in [-0.25, -0.2) is 0 Å². The SMILES string of the molecule is CCCCCCCC(=O)Oc1ccccc1OC(=O)CCC(CC)CC. The van der Waals surface area contributed by atoms with Gasteiger partial charge in [-0.1, -0.05) is 71.4 Å². The summed E-state index contributed by atoms with van der Waals surface area (Å²) in [6.07, 6.45) is 9.12. The molecule has 4 heteroatoms. The zero-order valence-corrected chi connectivity index (χ0v) is 16.6. The van der Waals surface area contributed by atoms with Crippen LogP contribution in [0.25, 0.3) is 0 Å². The molecule has 0 aliphatic carbocycles. The number of carbonyl (C=O) groups is 2. The quantitative estimate of drug-likeness (QED) is 0.243. The van der Waals surface area contributed by atoms with Gasteiger partial charge in [-0.15, -0.1) is 0 Å². The van der Waals surface area contributed by atoms with Crippen LogP contribution in [0.15, 0.2) is 24.3 Å². The van der Waals surface area contributed by atoms with E-state index in [1.807, 2.05) is 0 Å². The molecule has 0 fully saturated rings. The van der Waals surface area contributed by atoms with Crippen LogP contribution in [0, 0.1) is 5.92 Å². The smallest absolute Gasteiger partial charge is 0.311 e. The van der Waals surface area contributed by atoms with Gasteiger partial charge in [0.25, 0.3) is 0 Å². The van der Waals surface area contributed by atoms with Gasteiger partial charge in [0.05, 0.1) is 0 Å². The zero-order valence-electron chi connectivity index (χ0n) is 16.6. The maximum absolute atomic E-state index is 12.1. The van der Waals surface area contributed by atoms with Crippen LogP contribution in [0.3, 0.4) is 0 Å². The van der Waals surface area contributed by atoms with E-state index in [0.717, 1.165) is 38.5 Å². The third-order valence-corrected chi connectivity index (χ3v) is 4.69. The third-order valence-electron chi connectivity index (χ3n) is 4.69. The van der Waals surface area contributed by atoms with Crippen molar-refractivity contribution in [2.45, 2.75) is 85.0 Å². The van der Waals surface area contributed by atoms with Crippen molar-refractivity contribution in [2.24, 2.45) is 5.92 Å². The molecule has 0 unspecified atom stereocenters. The van der Waals surface area contributed by atoms with Gasteiger partial charge in [0.15, 0.2) is 11.5 Å². The van der Waals surface area contributed by atoms with Crippen LogP contribution in [-0.2, 0) is 9.59 Å². The third kappa shape index (κ3) is 9.02. The fourth-order valence-electron chi connectivity index (χ4n) is 2.86. The molecule has 1 rings (SSSR count). The van der Waals surface area contributed by atoms with E-state index in [4.69, 9.17) is 9.47 Å². The Morgan fingerprint density at radius 2 is 1.35 bits per heavy atom. The highest BCUT2D eigenvalue weighted by Gasteiger charge is 2.14. The van der Waals surface area contributed by atoms with E-state index in [1.54, 1.807) is 24.3 Å². The van der Waals surface area contributed by atoms with E-state index < -0.39 is 0 Å². The van der Waals surface area contributed by atoms with Crippen LogP contribution in [0.1, 0.15) is 85.0 Å². The van der Waals surface area contributed by atoms with Crippen molar-refractivity contribution >= 4 is 11.9 Å². The molecule has 1 aromatic carbocycles. The summed E-state index contributed by atoms with van der Waals surface area (Å²) in [6.45, 7) is 6.43. The number of hydrogen-bond donors (Lipinski definition) is 0. The standard InChI is InChI=1S/C22H34O4/c1-4-7-8-9-10-15-21(23)25-19-13-11-12-14-20(19)26-22(24)17-16-18(5-2)6-3/h11-14,18H,4-10,15-17H2,1-3H3. The van der Waals surface area contributed by atoms with Gasteiger partial charge in [-0.2, -0.15) is 0 Å². The molecule has 0 heterocycles. The second-order valence-corrected chi connectivity index (χ2v) is 6.78. The number of rotatable bonds is 13. The molecule has 0 atom stereocenters. The van der Waals surface area contributed by atoms with E-state index in [0.29, 0.717) is 30.3 Å². The number of unbranched alkanes of at least 4 members (excludes halogenated alkanes) is 4. The number of carbonyl (C=O) groups excluding carboxylic acids is 2. The van der Waals surface area contributed by atoms with Gasteiger partial charge in [-0.05, 0) is 30.9 Å². The topological polar surface area (TPSA) is 52.6 Å². The molecule has 0 saturated carbocycles. The lowest BCUT2D eigenvalue weighted by molar-refractivity contribution is -0.137. The van der Waals surface area contributed by atoms with Crippen LogP contribution in [0.4, 0.5) is 0 Å². The Morgan fingerprint density at radius 1 is 0.808 bits per heavy atom. The molecule has 26 heavy (non-hydrogen) atoms. The molecular weight excluding hydrogens is 328 g/mol. The van der Waals surface area contributed by atoms with Crippen molar-refractivity contribution in [1.29, 1.82) is 0 Å². The zero-order chi connectivity index (χ0) is 19.2. The molecule has 0 bridgehead atoms.